The molecular weight excluding hydrogens is 280 g/mol. The highest BCUT2D eigenvalue weighted by molar-refractivity contribution is 7.13. The van der Waals surface area contributed by atoms with Crippen molar-refractivity contribution in [1.82, 2.24) is 10.9 Å². The maximum Gasteiger partial charge on any atom is 0.281 e. The average molecular weight is 287 g/mol. The Hall–Kier alpha value is -1.37. The number of hydrazine groups is 1. The molecule has 17 heavy (non-hydrogen) atoms. The Labute approximate surface area is 110 Å². The highest BCUT2D eigenvalue weighted by Gasteiger charge is 2.13. The van der Waals surface area contributed by atoms with E-state index in [9.17, 15) is 9.59 Å². The van der Waals surface area contributed by atoms with Crippen LogP contribution in [-0.2, 0) is 0 Å². The lowest BCUT2D eigenvalue weighted by Gasteiger charge is -2.04. The lowest BCUT2D eigenvalue weighted by atomic mass is 10.4. The Bertz CT molecular complexity index is 536. The summed E-state index contributed by atoms with van der Waals surface area (Å²) in [4.78, 5) is 24.0. The molecule has 2 aromatic rings. The van der Waals surface area contributed by atoms with Crippen LogP contribution in [0.5, 0.6) is 0 Å². The number of thiophene rings is 2. The molecule has 0 unspecified atom stereocenters. The van der Waals surface area contributed by atoms with Crippen molar-refractivity contribution >= 4 is 46.1 Å². The minimum absolute atomic E-state index is 0.346. The van der Waals surface area contributed by atoms with Crippen molar-refractivity contribution < 1.29 is 9.59 Å². The van der Waals surface area contributed by atoms with Gasteiger partial charge < -0.3 is 0 Å². The molecule has 7 heteroatoms. The van der Waals surface area contributed by atoms with Gasteiger partial charge in [0, 0.05) is 0 Å². The fraction of sp³-hybridized carbons (Fsp3) is 0. The molecule has 0 aromatic carbocycles. The number of rotatable bonds is 2. The van der Waals surface area contributed by atoms with Crippen molar-refractivity contribution in [2.75, 3.05) is 0 Å². The number of amides is 2. The second-order valence-corrected chi connectivity index (χ2v) is 5.25. The van der Waals surface area contributed by atoms with E-state index in [2.05, 4.69) is 10.9 Å². The molecule has 0 bridgehead atoms. The van der Waals surface area contributed by atoms with Crippen LogP contribution in [0.25, 0.3) is 0 Å². The molecule has 0 fully saturated rings. The van der Waals surface area contributed by atoms with Crippen LogP contribution in [-0.4, -0.2) is 11.8 Å². The lowest BCUT2D eigenvalue weighted by Crippen LogP contribution is -2.41. The molecule has 0 spiro atoms. The van der Waals surface area contributed by atoms with E-state index in [1.807, 2.05) is 0 Å². The van der Waals surface area contributed by atoms with Crippen molar-refractivity contribution in [2.24, 2.45) is 0 Å². The van der Waals surface area contributed by atoms with E-state index in [4.69, 9.17) is 11.6 Å². The molecule has 4 nitrogen and oxygen atoms in total. The van der Waals surface area contributed by atoms with E-state index in [0.29, 0.717) is 14.8 Å². The molecule has 2 aromatic heterocycles. The molecule has 2 amide bonds. The van der Waals surface area contributed by atoms with Gasteiger partial charge in [-0.25, -0.2) is 0 Å². The Morgan fingerprint density at radius 3 is 2.41 bits per heavy atom. The van der Waals surface area contributed by atoms with Gasteiger partial charge in [0.05, 0.1) is 9.90 Å². The highest BCUT2D eigenvalue weighted by Crippen LogP contribution is 2.21. The van der Waals surface area contributed by atoms with Gasteiger partial charge in [0.2, 0.25) is 0 Å². The van der Waals surface area contributed by atoms with Gasteiger partial charge in [-0.05, 0) is 22.9 Å². The first-order chi connectivity index (χ1) is 8.18. The van der Waals surface area contributed by atoms with Gasteiger partial charge >= 0.3 is 0 Å². The molecule has 2 heterocycles. The third kappa shape index (κ3) is 2.85. The molecule has 0 aliphatic carbocycles. The third-order valence-electron chi connectivity index (χ3n) is 1.86. The van der Waals surface area contributed by atoms with Crippen molar-refractivity contribution in [3.63, 3.8) is 0 Å². The monoisotopic (exact) mass is 286 g/mol. The van der Waals surface area contributed by atoms with Crippen LogP contribution < -0.4 is 10.9 Å². The van der Waals surface area contributed by atoms with Gasteiger partial charge in [0.25, 0.3) is 11.8 Å². The predicted molar refractivity (Wildman–Crippen MR) is 68.6 cm³/mol. The smallest absolute Gasteiger partial charge is 0.266 e. The third-order valence-corrected chi connectivity index (χ3v) is 4.07. The normalized spacial score (nSPS) is 9.94. The summed E-state index contributed by atoms with van der Waals surface area (Å²) >= 11 is 8.30. The van der Waals surface area contributed by atoms with Crippen molar-refractivity contribution in [3.8, 4) is 0 Å². The molecule has 2 N–H and O–H groups in total. The number of hydrogen-bond acceptors (Lipinski definition) is 4. The zero-order valence-electron chi connectivity index (χ0n) is 8.40. The lowest BCUT2D eigenvalue weighted by molar-refractivity contribution is 0.0851. The summed E-state index contributed by atoms with van der Waals surface area (Å²) in [5, 5.41) is 3.86. The van der Waals surface area contributed by atoms with Crippen LogP contribution in [0.3, 0.4) is 0 Å². The highest BCUT2D eigenvalue weighted by atomic mass is 35.5. The summed E-state index contributed by atoms with van der Waals surface area (Å²) in [5.41, 5.74) is 4.63. The molecule has 0 radical (unpaired) electrons. The molecule has 88 valence electrons. The van der Waals surface area contributed by atoms with E-state index >= 15 is 0 Å². The molecule has 0 aliphatic heterocycles. The second kappa shape index (κ2) is 5.31. The molecular formula is C10H7ClN2O2S2. The van der Waals surface area contributed by atoms with E-state index in [-0.39, 0.29) is 5.91 Å². The van der Waals surface area contributed by atoms with Gasteiger partial charge in [-0.3, -0.25) is 20.4 Å². The molecule has 0 saturated heterocycles. The first-order valence-corrected chi connectivity index (χ1v) is 6.69. The fourth-order valence-electron chi connectivity index (χ4n) is 1.10. The van der Waals surface area contributed by atoms with Gasteiger partial charge in [0.1, 0.15) is 4.88 Å². The minimum atomic E-state index is -0.421. The van der Waals surface area contributed by atoms with Gasteiger partial charge in [-0.15, -0.1) is 22.7 Å². The summed E-state index contributed by atoms with van der Waals surface area (Å²) in [7, 11) is 0. The Kier molecular flexibility index (Phi) is 3.78. The number of carbonyl (C=O) groups is 2. The average Bonchev–Trinajstić information content (AvgIpc) is 2.95. The zero-order chi connectivity index (χ0) is 12.3. The van der Waals surface area contributed by atoms with E-state index < -0.39 is 5.91 Å². The van der Waals surface area contributed by atoms with Crippen LogP contribution >= 0.6 is 34.3 Å². The van der Waals surface area contributed by atoms with Crippen LogP contribution in [0.1, 0.15) is 19.3 Å². The number of carbonyl (C=O) groups excluding carboxylic acids is 2. The first kappa shape index (κ1) is 12.1. The van der Waals surface area contributed by atoms with Crippen LogP contribution in [0.2, 0.25) is 5.02 Å². The Morgan fingerprint density at radius 1 is 1.06 bits per heavy atom. The maximum absolute atomic E-state index is 11.6. The van der Waals surface area contributed by atoms with Gasteiger partial charge in [-0.2, -0.15) is 0 Å². The minimum Gasteiger partial charge on any atom is -0.266 e. The Balaban J connectivity index is 1.93. The SMILES string of the molecule is O=C(NNC(=O)c1sccc1Cl)c1cccs1. The van der Waals surface area contributed by atoms with E-state index in [1.165, 1.54) is 22.7 Å². The Morgan fingerprint density at radius 2 is 1.82 bits per heavy atom. The van der Waals surface area contributed by atoms with Gasteiger partial charge in [0.15, 0.2) is 0 Å². The number of halogens is 1. The van der Waals surface area contributed by atoms with E-state index in [0.717, 1.165) is 0 Å². The van der Waals surface area contributed by atoms with Gasteiger partial charge in [-0.1, -0.05) is 17.7 Å². The predicted octanol–water partition coefficient (Wildman–Crippen LogP) is 2.54. The summed E-state index contributed by atoms with van der Waals surface area (Å²) < 4.78 is 0. The summed E-state index contributed by atoms with van der Waals surface area (Å²) in [6.45, 7) is 0. The van der Waals surface area contributed by atoms with Crippen LogP contribution in [0.4, 0.5) is 0 Å². The van der Waals surface area contributed by atoms with Crippen molar-refractivity contribution in [2.45, 2.75) is 0 Å². The van der Waals surface area contributed by atoms with Crippen molar-refractivity contribution in [1.29, 1.82) is 0 Å². The molecule has 0 aliphatic rings. The number of hydrogen-bond donors (Lipinski definition) is 2. The molecule has 0 atom stereocenters. The second-order valence-electron chi connectivity index (χ2n) is 2.98. The van der Waals surface area contributed by atoms with Crippen LogP contribution in [0.15, 0.2) is 29.0 Å². The largest absolute Gasteiger partial charge is 0.281 e. The standard InChI is InChI=1S/C10H7ClN2O2S2/c11-6-3-5-17-8(6)10(15)13-12-9(14)7-2-1-4-16-7/h1-5H,(H,12,14)(H,13,15). The zero-order valence-corrected chi connectivity index (χ0v) is 10.8. The van der Waals surface area contributed by atoms with Crippen LogP contribution in [0, 0.1) is 0 Å². The summed E-state index contributed by atoms with van der Waals surface area (Å²) in [6, 6.07) is 5.06. The maximum atomic E-state index is 11.6. The topological polar surface area (TPSA) is 58.2 Å². The molecule has 0 saturated carbocycles. The quantitative estimate of drug-likeness (QED) is 0.834. The number of nitrogens with one attached hydrogen (secondary N) is 2. The fourth-order valence-corrected chi connectivity index (χ4v) is 2.75. The molecule has 2 rings (SSSR count). The summed E-state index contributed by atoms with van der Waals surface area (Å²) in [5.74, 6) is -0.768. The van der Waals surface area contributed by atoms with Crippen molar-refractivity contribution in [3.05, 3.63) is 43.7 Å². The first-order valence-electron chi connectivity index (χ1n) is 4.55. The van der Waals surface area contributed by atoms with E-state index in [1.54, 1.807) is 29.0 Å². The summed E-state index contributed by atoms with van der Waals surface area (Å²) in [6.07, 6.45) is 0.